The minimum atomic E-state index is -1.62. The van der Waals surface area contributed by atoms with Crippen LogP contribution in [0.15, 0.2) is 24.3 Å². The Balaban J connectivity index is 3.99. The molecule has 2 nitrogen and oxygen atoms in total. The third kappa shape index (κ3) is 5.63. The van der Waals surface area contributed by atoms with Crippen molar-refractivity contribution in [1.29, 1.82) is 0 Å². The van der Waals surface area contributed by atoms with Crippen LogP contribution in [0.5, 0.6) is 0 Å². The van der Waals surface area contributed by atoms with E-state index in [0.29, 0.717) is 0 Å². The van der Waals surface area contributed by atoms with E-state index < -0.39 is 8.32 Å². The van der Waals surface area contributed by atoms with E-state index in [1.807, 2.05) is 6.08 Å². The highest BCUT2D eigenvalue weighted by atomic mass is 28.4. The van der Waals surface area contributed by atoms with Gasteiger partial charge in [0.1, 0.15) is 0 Å². The normalized spacial score (nSPS) is 13.4. The molecule has 0 aromatic heterocycles. The smallest absolute Gasteiger partial charge is 0.191 e. The molecule has 3 heteroatoms. The number of aliphatic hydroxyl groups excluding tert-OH is 1. The molecule has 0 fully saturated rings. The highest BCUT2D eigenvalue weighted by Gasteiger charge is 2.36. The highest BCUT2D eigenvalue weighted by Crippen LogP contribution is 2.36. The van der Waals surface area contributed by atoms with Gasteiger partial charge in [-0.1, -0.05) is 45.1 Å². The first kappa shape index (κ1) is 15.6. The molecule has 0 saturated carbocycles. The predicted molar refractivity (Wildman–Crippen MR) is 73.1 cm³/mol. The number of aliphatic hydroxyl groups is 1. The SMILES string of the molecule is C=C(/C=C/CO)CCO[Si](C)(C)C(C)(C)C. The van der Waals surface area contributed by atoms with Crippen molar-refractivity contribution in [3.63, 3.8) is 0 Å². The third-order valence-electron chi connectivity index (χ3n) is 3.15. The van der Waals surface area contributed by atoms with Crippen molar-refractivity contribution in [3.05, 3.63) is 24.3 Å². The molecule has 0 heterocycles. The van der Waals surface area contributed by atoms with Crippen LogP contribution in [0.4, 0.5) is 0 Å². The lowest BCUT2D eigenvalue weighted by Crippen LogP contribution is -2.40. The van der Waals surface area contributed by atoms with Gasteiger partial charge in [0.25, 0.3) is 0 Å². The fourth-order valence-electron chi connectivity index (χ4n) is 0.956. The van der Waals surface area contributed by atoms with Gasteiger partial charge in [0.2, 0.25) is 0 Å². The van der Waals surface area contributed by atoms with Gasteiger partial charge in [-0.2, -0.15) is 0 Å². The maximum absolute atomic E-state index is 8.62. The van der Waals surface area contributed by atoms with E-state index in [4.69, 9.17) is 9.53 Å². The van der Waals surface area contributed by atoms with Crippen LogP contribution in [0.25, 0.3) is 0 Å². The second kappa shape index (κ2) is 6.38. The van der Waals surface area contributed by atoms with E-state index in [1.54, 1.807) is 6.08 Å². The lowest BCUT2D eigenvalue weighted by molar-refractivity contribution is 0.292. The first-order valence-corrected chi connectivity index (χ1v) is 8.70. The van der Waals surface area contributed by atoms with E-state index in [-0.39, 0.29) is 11.6 Å². The van der Waals surface area contributed by atoms with Gasteiger partial charge < -0.3 is 9.53 Å². The molecule has 0 aliphatic rings. The van der Waals surface area contributed by atoms with Crippen molar-refractivity contribution in [3.8, 4) is 0 Å². The Bertz CT molecular complexity index is 249. The maximum Gasteiger partial charge on any atom is 0.191 e. The van der Waals surface area contributed by atoms with Crippen molar-refractivity contribution < 1.29 is 9.53 Å². The molecular formula is C13H26O2Si. The second-order valence-electron chi connectivity index (χ2n) is 5.60. The average Bonchev–Trinajstić information content (AvgIpc) is 2.12. The zero-order valence-corrected chi connectivity index (χ0v) is 12.3. The topological polar surface area (TPSA) is 29.5 Å². The minimum absolute atomic E-state index is 0.0715. The first-order valence-electron chi connectivity index (χ1n) is 5.80. The third-order valence-corrected chi connectivity index (χ3v) is 7.69. The van der Waals surface area contributed by atoms with E-state index >= 15 is 0 Å². The van der Waals surface area contributed by atoms with Crippen molar-refractivity contribution in [1.82, 2.24) is 0 Å². The predicted octanol–water partition coefficient (Wildman–Crippen LogP) is 3.50. The number of hydrogen-bond donors (Lipinski definition) is 1. The van der Waals surface area contributed by atoms with E-state index in [9.17, 15) is 0 Å². The number of rotatable bonds is 6. The average molecular weight is 242 g/mol. The summed E-state index contributed by atoms with van der Waals surface area (Å²) in [5, 5.41) is 8.88. The van der Waals surface area contributed by atoms with E-state index in [1.165, 1.54) is 0 Å². The zero-order valence-electron chi connectivity index (χ0n) is 11.3. The summed E-state index contributed by atoms with van der Waals surface area (Å²) in [5.41, 5.74) is 1.01. The molecule has 0 aliphatic carbocycles. The number of hydrogen-bond acceptors (Lipinski definition) is 2. The summed E-state index contributed by atoms with van der Waals surface area (Å²) in [7, 11) is -1.62. The lowest BCUT2D eigenvalue weighted by atomic mass is 10.2. The summed E-state index contributed by atoms with van der Waals surface area (Å²) in [6, 6.07) is 0. The zero-order chi connectivity index (χ0) is 12.8. The van der Waals surface area contributed by atoms with Crippen LogP contribution in [0.2, 0.25) is 18.1 Å². The standard InChI is InChI=1S/C13H26O2Si/c1-12(8-7-10-14)9-11-15-16(5,6)13(2,3)4/h7-8,14H,1,9-11H2,2-6H3/b8-7+. The molecule has 1 N–H and O–H groups in total. The summed E-state index contributed by atoms with van der Waals surface area (Å²) in [5.74, 6) is 0. The summed E-state index contributed by atoms with van der Waals surface area (Å²) < 4.78 is 6.03. The highest BCUT2D eigenvalue weighted by molar-refractivity contribution is 6.74. The molecule has 0 aliphatic heterocycles. The van der Waals surface area contributed by atoms with E-state index in [2.05, 4.69) is 40.4 Å². The Morgan fingerprint density at radius 3 is 2.38 bits per heavy atom. The molecule has 0 spiro atoms. The molecule has 0 rings (SSSR count). The maximum atomic E-state index is 8.62. The van der Waals surface area contributed by atoms with Crippen molar-refractivity contribution in [2.45, 2.75) is 45.3 Å². The van der Waals surface area contributed by atoms with Crippen molar-refractivity contribution in [2.75, 3.05) is 13.2 Å². The molecule has 0 radical (unpaired) electrons. The van der Waals surface area contributed by atoms with Gasteiger partial charge >= 0.3 is 0 Å². The Morgan fingerprint density at radius 1 is 1.38 bits per heavy atom. The Morgan fingerprint density at radius 2 is 1.94 bits per heavy atom. The van der Waals surface area contributed by atoms with Gasteiger partial charge in [0.05, 0.1) is 6.61 Å². The van der Waals surface area contributed by atoms with Gasteiger partial charge in [-0.3, -0.25) is 0 Å². The van der Waals surface area contributed by atoms with Crippen LogP contribution in [0.3, 0.4) is 0 Å². The molecule has 0 saturated heterocycles. The van der Waals surface area contributed by atoms with E-state index in [0.717, 1.165) is 18.6 Å². The molecule has 16 heavy (non-hydrogen) atoms. The molecule has 0 amide bonds. The van der Waals surface area contributed by atoms with Crippen molar-refractivity contribution >= 4 is 8.32 Å². The monoisotopic (exact) mass is 242 g/mol. The molecule has 0 bridgehead atoms. The molecule has 0 aromatic rings. The molecule has 0 unspecified atom stereocenters. The summed E-state index contributed by atoms with van der Waals surface area (Å²) in [6.07, 6.45) is 4.40. The molecular weight excluding hydrogens is 216 g/mol. The molecule has 94 valence electrons. The fourth-order valence-corrected chi connectivity index (χ4v) is 2.00. The van der Waals surface area contributed by atoms with Crippen LogP contribution in [-0.4, -0.2) is 26.6 Å². The van der Waals surface area contributed by atoms with Crippen LogP contribution in [0, 0.1) is 0 Å². The second-order valence-corrected chi connectivity index (χ2v) is 10.4. The van der Waals surface area contributed by atoms with Gasteiger partial charge in [-0.25, -0.2) is 0 Å². The Labute approximate surface area is 101 Å². The fraction of sp³-hybridized carbons (Fsp3) is 0.692. The Kier molecular flexibility index (Phi) is 6.22. The summed E-state index contributed by atoms with van der Waals surface area (Å²) in [6.45, 7) is 15.9. The van der Waals surface area contributed by atoms with Crippen molar-refractivity contribution in [2.24, 2.45) is 0 Å². The van der Waals surface area contributed by atoms with Gasteiger partial charge in [0, 0.05) is 6.61 Å². The van der Waals surface area contributed by atoms with Crippen LogP contribution < -0.4 is 0 Å². The molecule has 0 aromatic carbocycles. The summed E-state index contributed by atoms with van der Waals surface area (Å²) in [4.78, 5) is 0. The van der Waals surface area contributed by atoms with Gasteiger partial charge in [-0.15, -0.1) is 0 Å². The van der Waals surface area contributed by atoms with Gasteiger partial charge in [0.15, 0.2) is 8.32 Å². The van der Waals surface area contributed by atoms with Crippen LogP contribution in [0.1, 0.15) is 27.2 Å². The largest absolute Gasteiger partial charge is 0.416 e. The molecule has 0 atom stereocenters. The minimum Gasteiger partial charge on any atom is -0.416 e. The van der Waals surface area contributed by atoms with Crippen LogP contribution in [-0.2, 0) is 4.43 Å². The Hall–Kier alpha value is -0.383. The number of allylic oxidation sites excluding steroid dienone is 1. The van der Waals surface area contributed by atoms with Gasteiger partial charge in [-0.05, 0) is 24.6 Å². The van der Waals surface area contributed by atoms with Crippen LogP contribution >= 0.6 is 0 Å². The quantitative estimate of drug-likeness (QED) is 0.570. The first-order chi connectivity index (χ1) is 7.20. The summed E-state index contributed by atoms with van der Waals surface area (Å²) >= 11 is 0. The lowest BCUT2D eigenvalue weighted by Gasteiger charge is -2.36.